The molecule has 1 fully saturated rings. The smallest absolute Gasteiger partial charge is 0.270 e. The van der Waals surface area contributed by atoms with E-state index in [0.717, 1.165) is 27.7 Å². The molecule has 0 unspecified atom stereocenters. The number of nitriles is 1. The average Bonchev–Trinajstić information content (AvgIpc) is 3.29. The van der Waals surface area contributed by atoms with E-state index in [0.29, 0.717) is 37.1 Å². The van der Waals surface area contributed by atoms with Crippen LogP contribution in [0.2, 0.25) is 10.0 Å². The maximum Gasteiger partial charge on any atom is 0.270 e. The number of hydrogen-bond donors (Lipinski definition) is 0. The molecule has 1 aromatic heterocycles. The fraction of sp³-hybridized carbons (Fsp3) is 0.0741. The van der Waals surface area contributed by atoms with Crippen LogP contribution in [-0.2, 0) is 11.3 Å². The Morgan fingerprint density at radius 3 is 2.57 bits per heavy atom. The largest absolute Gasteiger partial charge is 0.340 e. The quantitative estimate of drug-likeness (QED) is 0.200. The van der Waals surface area contributed by atoms with Crippen LogP contribution in [0.1, 0.15) is 22.4 Å². The van der Waals surface area contributed by atoms with E-state index in [4.69, 9.17) is 35.4 Å². The summed E-state index contributed by atoms with van der Waals surface area (Å²) in [6, 6.07) is 23.0. The van der Waals surface area contributed by atoms with Crippen LogP contribution in [0.25, 0.3) is 17.0 Å². The molecule has 0 spiro atoms. The van der Waals surface area contributed by atoms with Gasteiger partial charge in [0.25, 0.3) is 5.91 Å². The van der Waals surface area contributed by atoms with Gasteiger partial charge in [-0.3, -0.25) is 9.69 Å². The molecule has 0 atom stereocenters. The van der Waals surface area contributed by atoms with Gasteiger partial charge in [0, 0.05) is 28.7 Å². The third kappa shape index (κ3) is 4.26. The van der Waals surface area contributed by atoms with Crippen molar-refractivity contribution >= 4 is 80.1 Å². The van der Waals surface area contributed by atoms with E-state index in [-0.39, 0.29) is 5.91 Å². The summed E-state index contributed by atoms with van der Waals surface area (Å²) in [5.74, 6) is -0.204. The van der Waals surface area contributed by atoms with E-state index < -0.39 is 0 Å². The summed E-state index contributed by atoms with van der Waals surface area (Å²) in [4.78, 5) is 15.4. The third-order valence-electron chi connectivity index (χ3n) is 5.98. The molecule has 0 bridgehead atoms. The van der Waals surface area contributed by atoms with Crippen LogP contribution in [0.4, 0.5) is 5.69 Å². The SMILES string of the molecule is Cc1c(/C=C2/SC(=S)N(c3ccc(Cl)c(Cl)c3)C2=O)c2ccccc2n1Cc1ccccc1C#N. The molecule has 0 saturated carbocycles. The van der Waals surface area contributed by atoms with Gasteiger partial charge in [0.15, 0.2) is 4.32 Å². The van der Waals surface area contributed by atoms with Gasteiger partial charge in [0.2, 0.25) is 0 Å². The number of rotatable bonds is 4. The van der Waals surface area contributed by atoms with Crippen molar-refractivity contribution in [2.45, 2.75) is 13.5 Å². The predicted molar refractivity (Wildman–Crippen MR) is 149 cm³/mol. The monoisotopic (exact) mass is 533 g/mol. The zero-order valence-electron chi connectivity index (χ0n) is 18.5. The second-order valence-corrected chi connectivity index (χ2v) is 10.5. The molecule has 35 heavy (non-hydrogen) atoms. The summed E-state index contributed by atoms with van der Waals surface area (Å²) in [5, 5.41) is 11.3. The van der Waals surface area contributed by atoms with Crippen LogP contribution < -0.4 is 4.90 Å². The lowest BCUT2D eigenvalue weighted by molar-refractivity contribution is -0.113. The molecule has 2 heterocycles. The molecule has 1 amide bonds. The molecule has 5 rings (SSSR count). The number of hydrogen-bond acceptors (Lipinski definition) is 4. The van der Waals surface area contributed by atoms with Crippen LogP contribution in [0.15, 0.2) is 71.6 Å². The Morgan fingerprint density at radius 2 is 1.80 bits per heavy atom. The second kappa shape index (κ2) is 9.52. The maximum absolute atomic E-state index is 13.4. The van der Waals surface area contributed by atoms with E-state index in [9.17, 15) is 10.1 Å². The predicted octanol–water partition coefficient (Wildman–Crippen LogP) is 7.58. The molecule has 3 aromatic carbocycles. The van der Waals surface area contributed by atoms with Crippen LogP contribution in [0.5, 0.6) is 0 Å². The van der Waals surface area contributed by atoms with Gasteiger partial charge in [-0.1, -0.05) is 83.6 Å². The molecule has 0 radical (unpaired) electrons. The number of halogens is 2. The van der Waals surface area contributed by atoms with Gasteiger partial charge < -0.3 is 4.57 Å². The van der Waals surface area contributed by atoms with Gasteiger partial charge in [-0.2, -0.15) is 5.26 Å². The van der Waals surface area contributed by atoms with Crippen molar-refractivity contribution in [1.29, 1.82) is 5.26 Å². The first-order chi connectivity index (χ1) is 16.9. The number of nitrogens with zero attached hydrogens (tertiary/aromatic N) is 3. The van der Waals surface area contributed by atoms with Crippen LogP contribution in [0, 0.1) is 18.3 Å². The number of para-hydroxylation sites is 1. The van der Waals surface area contributed by atoms with Crippen molar-refractivity contribution in [3.8, 4) is 6.07 Å². The highest BCUT2D eigenvalue weighted by Crippen LogP contribution is 2.39. The molecular formula is C27H17Cl2N3OS2. The molecule has 0 aliphatic carbocycles. The van der Waals surface area contributed by atoms with Crippen molar-refractivity contribution < 1.29 is 4.79 Å². The average molecular weight is 534 g/mol. The number of aromatic nitrogens is 1. The first kappa shape index (κ1) is 23.7. The molecule has 4 nitrogen and oxygen atoms in total. The lowest BCUT2D eigenvalue weighted by atomic mass is 10.1. The summed E-state index contributed by atoms with van der Waals surface area (Å²) in [5.41, 5.74) is 5.15. The molecule has 0 N–H and O–H groups in total. The topological polar surface area (TPSA) is 49.0 Å². The van der Waals surface area contributed by atoms with Crippen LogP contribution >= 0.6 is 47.2 Å². The van der Waals surface area contributed by atoms with E-state index in [2.05, 4.69) is 16.7 Å². The number of fused-ring (bicyclic) bond motifs is 1. The summed E-state index contributed by atoms with van der Waals surface area (Å²) in [7, 11) is 0. The molecule has 1 aliphatic rings. The number of thioether (sulfide) groups is 1. The van der Waals surface area contributed by atoms with Crippen molar-refractivity contribution in [2.75, 3.05) is 4.90 Å². The normalized spacial score (nSPS) is 14.8. The number of thiocarbonyl (C=S) groups is 1. The van der Waals surface area contributed by atoms with E-state index in [1.807, 2.05) is 55.5 Å². The molecule has 1 saturated heterocycles. The second-order valence-electron chi connectivity index (χ2n) is 7.99. The highest BCUT2D eigenvalue weighted by molar-refractivity contribution is 8.27. The number of amides is 1. The summed E-state index contributed by atoms with van der Waals surface area (Å²) in [6.45, 7) is 2.58. The molecule has 4 aromatic rings. The maximum atomic E-state index is 13.4. The van der Waals surface area contributed by atoms with Gasteiger partial charge in [-0.15, -0.1) is 0 Å². The van der Waals surface area contributed by atoms with Gasteiger partial charge in [-0.25, -0.2) is 0 Å². The Kier molecular flexibility index (Phi) is 6.43. The Morgan fingerprint density at radius 1 is 1.06 bits per heavy atom. The third-order valence-corrected chi connectivity index (χ3v) is 8.02. The van der Waals surface area contributed by atoms with Crippen molar-refractivity contribution in [1.82, 2.24) is 4.57 Å². The number of benzene rings is 3. The number of carbonyl (C=O) groups excluding carboxylic acids is 1. The minimum atomic E-state index is -0.204. The standard InChI is InChI=1S/C27H17Cl2N3OS2/c1-16-21(13-25-26(33)32(27(34)35-25)19-10-11-22(28)23(29)12-19)20-8-4-5-9-24(20)31(16)15-18-7-3-2-6-17(18)14-30/h2-13H,15H2,1H3/b25-13+. The van der Waals surface area contributed by atoms with E-state index in [1.54, 1.807) is 18.2 Å². The Bertz CT molecular complexity index is 1600. The van der Waals surface area contributed by atoms with Gasteiger partial charge in [0.05, 0.1) is 32.3 Å². The van der Waals surface area contributed by atoms with Crippen LogP contribution in [-0.4, -0.2) is 14.8 Å². The summed E-state index contributed by atoms with van der Waals surface area (Å²) in [6.07, 6.45) is 1.90. The minimum absolute atomic E-state index is 0.204. The molecule has 172 valence electrons. The fourth-order valence-corrected chi connectivity index (χ4v) is 5.80. The Balaban J connectivity index is 1.58. The summed E-state index contributed by atoms with van der Waals surface area (Å²) < 4.78 is 2.61. The first-order valence-corrected chi connectivity index (χ1v) is 12.7. The van der Waals surface area contributed by atoms with Gasteiger partial charge in [-0.05, 0) is 48.9 Å². The number of anilines is 1. The molecule has 8 heteroatoms. The minimum Gasteiger partial charge on any atom is -0.340 e. The van der Waals surface area contributed by atoms with Crippen LogP contribution in [0.3, 0.4) is 0 Å². The lowest BCUT2D eigenvalue weighted by Crippen LogP contribution is -2.27. The first-order valence-electron chi connectivity index (χ1n) is 10.7. The highest BCUT2D eigenvalue weighted by Gasteiger charge is 2.34. The van der Waals surface area contributed by atoms with E-state index in [1.165, 1.54) is 16.7 Å². The van der Waals surface area contributed by atoms with Crippen molar-refractivity contribution in [3.63, 3.8) is 0 Å². The summed E-state index contributed by atoms with van der Waals surface area (Å²) >= 11 is 19.0. The van der Waals surface area contributed by atoms with Crippen molar-refractivity contribution in [3.05, 3.63) is 104 Å². The molecular weight excluding hydrogens is 517 g/mol. The molecule has 1 aliphatic heterocycles. The van der Waals surface area contributed by atoms with Gasteiger partial charge in [0.1, 0.15) is 0 Å². The number of carbonyl (C=O) groups is 1. The fourth-order valence-electron chi connectivity index (χ4n) is 4.23. The Hall–Kier alpha value is -3.08. The highest BCUT2D eigenvalue weighted by atomic mass is 35.5. The van der Waals surface area contributed by atoms with Gasteiger partial charge >= 0.3 is 0 Å². The Labute approximate surface area is 222 Å². The lowest BCUT2D eigenvalue weighted by Gasteiger charge is -2.15. The van der Waals surface area contributed by atoms with Crippen molar-refractivity contribution in [2.24, 2.45) is 0 Å². The van der Waals surface area contributed by atoms with E-state index >= 15 is 0 Å². The zero-order valence-corrected chi connectivity index (χ0v) is 21.6. The zero-order chi connectivity index (χ0) is 24.7.